The van der Waals surface area contributed by atoms with Gasteiger partial charge in [0, 0.05) is 50.9 Å². The van der Waals surface area contributed by atoms with Crippen LogP contribution in [0.3, 0.4) is 0 Å². The van der Waals surface area contributed by atoms with Crippen LogP contribution in [0.2, 0.25) is 5.02 Å². The number of anilines is 1. The van der Waals surface area contributed by atoms with Crippen LogP contribution in [0.1, 0.15) is 33.8 Å². The van der Waals surface area contributed by atoms with E-state index in [1.54, 1.807) is 11.0 Å². The second-order valence-corrected chi connectivity index (χ2v) is 10.8. The number of imidazole rings is 1. The van der Waals surface area contributed by atoms with E-state index in [2.05, 4.69) is 15.6 Å². The van der Waals surface area contributed by atoms with Gasteiger partial charge in [-0.2, -0.15) is 4.39 Å². The Morgan fingerprint density at radius 1 is 1.10 bits per heavy atom. The summed E-state index contributed by atoms with van der Waals surface area (Å²) in [7, 11) is 2.74. The van der Waals surface area contributed by atoms with E-state index in [4.69, 9.17) is 16.3 Å². The minimum atomic E-state index is -1.14. The number of carbonyl (C=O) groups excluding carboxylic acids is 3. The first-order valence-electron chi connectivity index (χ1n) is 13.6. The molecule has 0 spiro atoms. The predicted octanol–water partition coefficient (Wildman–Crippen LogP) is 3.56. The standard InChI is InChI=1S/C29H31ClF2N6O4/c1-36-22(20-5-6-23(42-2)26(32)25(20)31)16-34-27(36)28(40)35-18-3-4-19(21(30)14-18)29(41)38-11-9-37(10-12-38)24(39)13-17-7-8-33-15-17/h3-6,14,16-17,33H,7-13,15H2,1-2H3,(H,35,40)/t17-/m1/s1. The fourth-order valence-corrected chi connectivity index (χ4v) is 5.57. The largest absolute Gasteiger partial charge is 0.494 e. The van der Waals surface area contributed by atoms with Crippen LogP contribution < -0.4 is 15.4 Å². The van der Waals surface area contributed by atoms with Crippen molar-refractivity contribution in [1.82, 2.24) is 24.7 Å². The zero-order valence-corrected chi connectivity index (χ0v) is 24.0. The lowest BCUT2D eigenvalue weighted by Crippen LogP contribution is -2.51. The molecule has 10 nitrogen and oxygen atoms in total. The number of hydrogen-bond donors (Lipinski definition) is 2. The SMILES string of the molecule is COc1ccc(-c2cnc(C(=O)Nc3ccc(C(=O)N4CCN(C(=O)C[C@H]5CCNC5)CC4)c(Cl)c3)n2C)c(F)c1F. The first kappa shape index (κ1) is 29.5. The number of methoxy groups -OCH3 is 1. The highest BCUT2D eigenvalue weighted by atomic mass is 35.5. The van der Waals surface area contributed by atoms with E-state index >= 15 is 0 Å². The summed E-state index contributed by atoms with van der Waals surface area (Å²) in [5.41, 5.74) is 0.715. The van der Waals surface area contributed by atoms with Gasteiger partial charge in [0.1, 0.15) is 0 Å². The highest BCUT2D eigenvalue weighted by Gasteiger charge is 2.28. The second kappa shape index (κ2) is 12.5. The molecule has 2 fully saturated rings. The highest BCUT2D eigenvalue weighted by Crippen LogP contribution is 2.30. The van der Waals surface area contributed by atoms with Gasteiger partial charge in [0.25, 0.3) is 11.8 Å². The zero-order valence-electron chi connectivity index (χ0n) is 23.3. The van der Waals surface area contributed by atoms with Gasteiger partial charge in [0.15, 0.2) is 17.4 Å². The Morgan fingerprint density at radius 2 is 1.83 bits per heavy atom. The smallest absolute Gasteiger partial charge is 0.291 e. The molecule has 3 heterocycles. The van der Waals surface area contributed by atoms with Crippen molar-refractivity contribution in [3.63, 3.8) is 0 Å². The number of piperazine rings is 1. The summed E-state index contributed by atoms with van der Waals surface area (Å²) >= 11 is 6.44. The number of benzene rings is 2. The summed E-state index contributed by atoms with van der Waals surface area (Å²) < 4.78 is 35.0. The molecule has 0 radical (unpaired) electrons. The van der Waals surface area contributed by atoms with Crippen LogP contribution in [-0.2, 0) is 11.8 Å². The summed E-state index contributed by atoms with van der Waals surface area (Å²) in [4.78, 5) is 46.3. The van der Waals surface area contributed by atoms with Gasteiger partial charge < -0.3 is 29.7 Å². The molecule has 2 N–H and O–H groups in total. The average molecular weight is 601 g/mol. The summed E-state index contributed by atoms with van der Waals surface area (Å²) in [6.07, 6.45) is 2.80. The minimum Gasteiger partial charge on any atom is -0.494 e. The van der Waals surface area contributed by atoms with Crippen molar-refractivity contribution in [2.45, 2.75) is 12.8 Å². The molecule has 0 unspecified atom stereocenters. The topological polar surface area (TPSA) is 109 Å². The highest BCUT2D eigenvalue weighted by molar-refractivity contribution is 6.34. The Balaban J connectivity index is 1.21. The molecular formula is C29H31ClF2N6O4. The second-order valence-electron chi connectivity index (χ2n) is 10.4. The van der Waals surface area contributed by atoms with Crippen molar-refractivity contribution in [3.8, 4) is 17.0 Å². The molecule has 222 valence electrons. The van der Waals surface area contributed by atoms with Gasteiger partial charge in [-0.1, -0.05) is 11.6 Å². The Bertz CT molecular complexity index is 1520. The van der Waals surface area contributed by atoms with Gasteiger partial charge >= 0.3 is 0 Å². The molecule has 1 atom stereocenters. The molecule has 42 heavy (non-hydrogen) atoms. The maximum Gasteiger partial charge on any atom is 0.291 e. The van der Waals surface area contributed by atoms with Crippen LogP contribution in [0.4, 0.5) is 14.5 Å². The van der Waals surface area contributed by atoms with E-state index in [-0.39, 0.29) is 45.2 Å². The molecule has 0 bridgehead atoms. The fraction of sp³-hybridized carbons (Fsp3) is 0.379. The number of halogens is 3. The summed E-state index contributed by atoms with van der Waals surface area (Å²) in [5, 5.41) is 6.10. The molecule has 13 heteroatoms. The van der Waals surface area contributed by atoms with Crippen LogP contribution in [0.5, 0.6) is 5.75 Å². The summed E-state index contributed by atoms with van der Waals surface area (Å²) in [5.74, 6) is -2.92. The molecule has 5 rings (SSSR count). The molecule has 0 aliphatic carbocycles. The van der Waals surface area contributed by atoms with E-state index < -0.39 is 17.5 Å². The molecule has 2 aliphatic heterocycles. The van der Waals surface area contributed by atoms with Gasteiger partial charge in [-0.05, 0) is 55.8 Å². The van der Waals surface area contributed by atoms with Gasteiger partial charge in [-0.3, -0.25) is 14.4 Å². The normalized spacial score (nSPS) is 16.9. The molecule has 2 aliphatic rings. The first-order chi connectivity index (χ1) is 20.2. The molecule has 3 amide bonds. The summed E-state index contributed by atoms with van der Waals surface area (Å²) in [6, 6.07) is 7.18. The van der Waals surface area contributed by atoms with Crippen molar-refractivity contribution in [2.24, 2.45) is 13.0 Å². The van der Waals surface area contributed by atoms with Crippen LogP contribution in [-0.4, -0.2) is 83.5 Å². The lowest BCUT2D eigenvalue weighted by Gasteiger charge is -2.35. The van der Waals surface area contributed by atoms with E-state index in [1.807, 2.05) is 4.90 Å². The van der Waals surface area contributed by atoms with E-state index in [0.29, 0.717) is 44.2 Å². The zero-order chi connectivity index (χ0) is 30.0. The van der Waals surface area contributed by atoms with Crippen molar-refractivity contribution < 1.29 is 27.9 Å². The minimum absolute atomic E-state index is 0.0477. The van der Waals surface area contributed by atoms with E-state index in [1.165, 1.54) is 49.2 Å². The number of nitrogens with one attached hydrogen (secondary N) is 2. The van der Waals surface area contributed by atoms with Gasteiger partial charge in [0.2, 0.25) is 11.7 Å². The third-order valence-corrected chi connectivity index (χ3v) is 8.05. The number of nitrogens with zero attached hydrogens (tertiary/aromatic N) is 4. The molecule has 3 aromatic rings. The molecule has 2 aromatic carbocycles. The maximum absolute atomic E-state index is 14.6. The number of aromatic nitrogens is 2. The predicted molar refractivity (Wildman–Crippen MR) is 153 cm³/mol. The first-order valence-corrected chi connectivity index (χ1v) is 14.0. The van der Waals surface area contributed by atoms with Gasteiger partial charge in [0.05, 0.1) is 29.6 Å². The molecular weight excluding hydrogens is 570 g/mol. The third kappa shape index (κ3) is 5.95. The Kier molecular flexibility index (Phi) is 8.74. The van der Waals surface area contributed by atoms with Crippen LogP contribution >= 0.6 is 11.6 Å². The van der Waals surface area contributed by atoms with Crippen molar-refractivity contribution >= 4 is 35.0 Å². The number of amides is 3. The Labute approximate surface area is 246 Å². The Hall–Kier alpha value is -4.03. The van der Waals surface area contributed by atoms with Crippen LogP contribution in [0.25, 0.3) is 11.3 Å². The van der Waals surface area contributed by atoms with E-state index in [9.17, 15) is 23.2 Å². The van der Waals surface area contributed by atoms with Crippen LogP contribution in [0, 0.1) is 17.6 Å². The van der Waals surface area contributed by atoms with Crippen LogP contribution in [0.15, 0.2) is 36.5 Å². The lowest BCUT2D eigenvalue weighted by atomic mass is 10.0. The third-order valence-electron chi connectivity index (χ3n) is 7.74. The maximum atomic E-state index is 14.6. The summed E-state index contributed by atoms with van der Waals surface area (Å²) in [6.45, 7) is 3.56. The number of hydrogen-bond acceptors (Lipinski definition) is 6. The monoisotopic (exact) mass is 600 g/mol. The quantitative estimate of drug-likeness (QED) is 0.429. The number of carbonyl (C=O) groups is 3. The number of rotatable bonds is 7. The molecule has 1 aromatic heterocycles. The lowest BCUT2D eigenvalue weighted by molar-refractivity contribution is -0.133. The molecule has 0 saturated carbocycles. The average Bonchev–Trinajstić information content (AvgIpc) is 3.64. The van der Waals surface area contributed by atoms with Crippen molar-refractivity contribution in [1.29, 1.82) is 0 Å². The Morgan fingerprint density at radius 3 is 2.50 bits per heavy atom. The van der Waals surface area contributed by atoms with E-state index in [0.717, 1.165) is 19.5 Å². The van der Waals surface area contributed by atoms with Crippen molar-refractivity contribution in [3.05, 3.63) is 64.6 Å². The van der Waals surface area contributed by atoms with Gasteiger partial charge in [-0.15, -0.1) is 0 Å². The number of ether oxygens (including phenoxy) is 1. The van der Waals surface area contributed by atoms with Crippen molar-refractivity contribution in [2.75, 3.05) is 51.7 Å². The molecule has 2 saturated heterocycles. The fourth-order valence-electron chi connectivity index (χ4n) is 5.31. The van der Waals surface area contributed by atoms with Gasteiger partial charge in [-0.25, -0.2) is 9.37 Å².